The number of aliphatic hydroxyl groups is 2. The maximum Gasteiger partial charge on any atom is 0.310 e. The molecule has 0 aromatic carbocycles. The summed E-state index contributed by atoms with van der Waals surface area (Å²) in [4.78, 5) is 12.8. The number of hydrogen-bond donors (Lipinski definition) is 3. The molecule has 4 heteroatoms. The standard InChI is InChI=1S/C30H48O4/c1-18-9-14-30(25(33)34)16-15-28(5)20(24(30)19(18)2)7-8-22-26(3)12-11-23(32)27(4,17-31)21(26)10-13-29(22,28)6/h7,18-19,21-24,31-32H,8-17H2,1-6H3,(H,33,34)/t18-,19+,21?,22-,23-,24+,26+,27-,28-,29-,30+/m1/s1. The molecule has 0 saturated heterocycles. The summed E-state index contributed by atoms with van der Waals surface area (Å²) in [5, 5.41) is 31.9. The smallest absolute Gasteiger partial charge is 0.310 e. The van der Waals surface area contributed by atoms with E-state index in [9.17, 15) is 20.1 Å². The van der Waals surface area contributed by atoms with Gasteiger partial charge in [0.25, 0.3) is 0 Å². The van der Waals surface area contributed by atoms with Crippen LogP contribution in [0.4, 0.5) is 0 Å². The van der Waals surface area contributed by atoms with Crippen molar-refractivity contribution in [2.24, 2.45) is 56.7 Å². The van der Waals surface area contributed by atoms with Crippen LogP contribution in [0, 0.1) is 56.7 Å². The van der Waals surface area contributed by atoms with Crippen molar-refractivity contribution in [3.63, 3.8) is 0 Å². The summed E-state index contributed by atoms with van der Waals surface area (Å²) < 4.78 is 0. The molecule has 4 nitrogen and oxygen atoms in total. The van der Waals surface area contributed by atoms with Crippen molar-refractivity contribution >= 4 is 5.97 Å². The average Bonchev–Trinajstić information content (AvgIpc) is 2.79. The van der Waals surface area contributed by atoms with Crippen molar-refractivity contribution in [3.05, 3.63) is 11.6 Å². The molecule has 0 aromatic rings. The van der Waals surface area contributed by atoms with E-state index in [2.05, 4.69) is 47.6 Å². The molecule has 3 N–H and O–H groups in total. The third-order valence-electron chi connectivity index (χ3n) is 13.5. The Morgan fingerprint density at radius 2 is 1.68 bits per heavy atom. The molecule has 4 fully saturated rings. The van der Waals surface area contributed by atoms with Gasteiger partial charge in [-0.2, -0.15) is 0 Å². The zero-order valence-electron chi connectivity index (χ0n) is 22.4. The topological polar surface area (TPSA) is 77.8 Å². The number of aliphatic carboxylic acids is 1. The van der Waals surface area contributed by atoms with Crippen molar-refractivity contribution in [1.29, 1.82) is 0 Å². The van der Waals surface area contributed by atoms with E-state index >= 15 is 0 Å². The summed E-state index contributed by atoms with van der Waals surface area (Å²) >= 11 is 0. The zero-order valence-corrected chi connectivity index (χ0v) is 22.4. The number of hydrogen-bond acceptors (Lipinski definition) is 3. The van der Waals surface area contributed by atoms with Crippen molar-refractivity contribution in [2.75, 3.05) is 6.61 Å². The van der Waals surface area contributed by atoms with Gasteiger partial charge in [0.15, 0.2) is 0 Å². The lowest BCUT2D eigenvalue weighted by atomic mass is 9.33. The maximum atomic E-state index is 12.8. The highest BCUT2D eigenvalue weighted by molar-refractivity contribution is 5.76. The van der Waals surface area contributed by atoms with Gasteiger partial charge in [-0.1, -0.05) is 53.2 Å². The van der Waals surface area contributed by atoms with Crippen LogP contribution in [0.25, 0.3) is 0 Å². The highest BCUT2D eigenvalue weighted by atomic mass is 16.4. The maximum absolute atomic E-state index is 12.8. The first-order valence-corrected chi connectivity index (χ1v) is 14.0. The first kappa shape index (κ1) is 24.8. The summed E-state index contributed by atoms with van der Waals surface area (Å²) in [6.07, 6.45) is 10.6. The fourth-order valence-electron chi connectivity index (χ4n) is 10.9. The largest absolute Gasteiger partial charge is 0.481 e. The van der Waals surface area contributed by atoms with E-state index in [0.717, 1.165) is 57.8 Å². The summed E-state index contributed by atoms with van der Waals surface area (Å²) in [6.45, 7) is 14.3. The molecule has 0 spiro atoms. The molecule has 11 atom stereocenters. The second kappa shape index (κ2) is 7.57. The van der Waals surface area contributed by atoms with E-state index in [1.54, 1.807) is 0 Å². The van der Waals surface area contributed by atoms with E-state index < -0.39 is 22.9 Å². The molecule has 5 aliphatic rings. The monoisotopic (exact) mass is 472 g/mol. The minimum atomic E-state index is -0.591. The number of carboxylic acid groups (broad SMARTS) is 1. The second-order valence-electron chi connectivity index (χ2n) is 14.3. The van der Waals surface area contributed by atoms with Gasteiger partial charge in [0, 0.05) is 5.41 Å². The molecule has 5 aliphatic carbocycles. The van der Waals surface area contributed by atoms with Crippen molar-refractivity contribution in [3.8, 4) is 0 Å². The average molecular weight is 473 g/mol. The van der Waals surface area contributed by atoms with E-state index in [-0.39, 0.29) is 28.8 Å². The summed E-state index contributed by atoms with van der Waals surface area (Å²) in [5.74, 6) is 1.35. The molecule has 4 saturated carbocycles. The van der Waals surface area contributed by atoms with Crippen LogP contribution in [0.3, 0.4) is 0 Å². The molecule has 1 unspecified atom stereocenters. The third-order valence-corrected chi connectivity index (χ3v) is 13.5. The van der Waals surface area contributed by atoms with Crippen LogP contribution in [-0.2, 0) is 4.79 Å². The van der Waals surface area contributed by atoms with Gasteiger partial charge in [-0.3, -0.25) is 4.79 Å². The Labute approximate surface area is 206 Å². The normalized spacial score (nSPS) is 56.9. The molecule has 0 radical (unpaired) electrons. The number of allylic oxidation sites excluding steroid dienone is 2. The summed E-state index contributed by atoms with van der Waals surface area (Å²) in [6, 6.07) is 0. The molecule has 0 aliphatic heterocycles. The quantitative estimate of drug-likeness (QED) is 0.427. The Bertz CT molecular complexity index is 896. The Morgan fingerprint density at radius 1 is 0.971 bits per heavy atom. The number of aliphatic hydroxyl groups excluding tert-OH is 2. The Kier molecular flexibility index (Phi) is 5.52. The van der Waals surface area contributed by atoms with Gasteiger partial charge >= 0.3 is 5.97 Å². The van der Waals surface area contributed by atoms with Crippen LogP contribution in [0.15, 0.2) is 11.6 Å². The minimum absolute atomic E-state index is 0.0184. The van der Waals surface area contributed by atoms with Crippen molar-refractivity contribution < 1.29 is 20.1 Å². The van der Waals surface area contributed by atoms with Gasteiger partial charge in [0.05, 0.1) is 18.1 Å². The fraction of sp³-hybridized carbons (Fsp3) is 0.900. The van der Waals surface area contributed by atoms with Crippen LogP contribution in [0.1, 0.15) is 99.3 Å². The Hall–Kier alpha value is -0.870. The molecule has 5 rings (SSSR count). The van der Waals surface area contributed by atoms with E-state index in [1.807, 2.05) is 0 Å². The predicted molar refractivity (Wildman–Crippen MR) is 134 cm³/mol. The van der Waals surface area contributed by atoms with Crippen LogP contribution >= 0.6 is 0 Å². The van der Waals surface area contributed by atoms with Gasteiger partial charge in [-0.25, -0.2) is 0 Å². The Balaban J connectivity index is 1.61. The molecule has 34 heavy (non-hydrogen) atoms. The van der Waals surface area contributed by atoms with Crippen LogP contribution in [0.2, 0.25) is 0 Å². The van der Waals surface area contributed by atoms with Gasteiger partial charge < -0.3 is 15.3 Å². The first-order chi connectivity index (χ1) is 15.8. The van der Waals surface area contributed by atoms with E-state index in [4.69, 9.17) is 0 Å². The van der Waals surface area contributed by atoms with Crippen LogP contribution in [0.5, 0.6) is 0 Å². The van der Waals surface area contributed by atoms with Gasteiger partial charge in [0.1, 0.15) is 0 Å². The summed E-state index contributed by atoms with van der Waals surface area (Å²) in [5.41, 5.74) is 0.670. The molecule has 0 aromatic heterocycles. The number of carboxylic acids is 1. The fourth-order valence-corrected chi connectivity index (χ4v) is 10.9. The first-order valence-electron chi connectivity index (χ1n) is 14.0. The Morgan fingerprint density at radius 3 is 2.32 bits per heavy atom. The number of carbonyl (C=O) groups is 1. The predicted octanol–water partition coefficient (Wildman–Crippen LogP) is 6.06. The lowest BCUT2D eigenvalue weighted by Crippen LogP contribution is -2.66. The third kappa shape index (κ3) is 2.76. The second-order valence-corrected chi connectivity index (χ2v) is 14.3. The zero-order chi connectivity index (χ0) is 24.9. The molecule has 0 heterocycles. The SMILES string of the molecule is C[C@H]1[C@H](C)CC[C@]2(C(=O)O)CC[C@]3(C)C(=CC[C@@H]4[C@@]5(C)CC[C@@H](O)[C@](C)(CO)C5CC[C@]43C)[C@H]12. The minimum Gasteiger partial charge on any atom is -0.481 e. The van der Waals surface area contributed by atoms with Crippen LogP contribution < -0.4 is 0 Å². The number of rotatable bonds is 2. The van der Waals surface area contributed by atoms with Gasteiger partial charge in [0.2, 0.25) is 0 Å². The molecule has 0 bridgehead atoms. The van der Waals surface area contributed by atoms with Crippen molar-refractivity contribution in [2.45, 2.75) is 105 Å². The number of fused-ring (bicyclic) bond motifs is 7. The van der Waals surface area contributed by atoms with Crippen molar-refractivity contribution in [1.82, 2.24) is 0 Å². The molecule has 192 valence electrons. The lowest BCUT2D eigenvalue weighted by Gasteiger charge is -2.71. The van der Waals surface area contributed by atoms with Gasteiger partial charge in [-0.15, -0.1) is 0 Å². The lowest BCUT2D eigenvalue weighted by molar-refractivity contribution is -0.217. The van der Waals surface area contributed by atoms with E-state index in [0.29, 0.717) is 23.7 Å². The van der Waals surface area contributed by atoms with E-state index in [1.165, 1.54) is 5.57 Å². The highest BCUT2D eigenvalue weighted by Gasteiger charge is 2.69. The summed E-state index contributed by atoms with van der Waals surface area (Å²) in [7, 11) is 0. The molecular formula is C30H48O4. The molecule has 0 amide bonds. The molecular weight excluding hydrogens is 424 g/mol. The van der Waals surface area contributed by atoms with Gasteiger partial charge in [-0.05, 0) is 104 Å². The highest BCUT2D eigenvalue weighted by Crippen LogP contribution is 2.75. The van der Waals surface area contributed by atoms with Crippen LogP contribution in [-0.4, -0.2) is 34.0 Å².